The molecule has 0 bridgehead atoms. The molecule has 1 heterocycles. The van der Waals surface area contributed by atoms with Crippen molar-refractivity contribution in [2.75, 3.05) is 13.1 Å². The van der Waals surface area contributed by atoms with E-state index in [9.17, 15) is 17.6 Å². The quantitative estimate of drug-likeness (QED) is 0.797. The molecule has 0 radical (unpaired) electrons. The number of sulfonamides is 1. The molecule has 0 unspecified atom stereocenters. The zero-order chi connectivity index (χ0) is 20.4. The van der Waals surface area contributed by atoms with Gasteiger partial charge in [-0.05, 0) is 36.6 Å². The largest absolute Gasteiger partial charge is 0.352 e. The summed E-state index contributed by atoms with van der Waals surface area (Å²) in [5.41, 5.74) is 0.369. The van der Waals surface area contributed by atoms with E-state index in [4.69, 9.17) is 11.6 Å². The molecular weight excluding hydrogens is 403 g/mol. The minimum absolute atomic E-state index is 0.0453. The van der Waals surface area contributed by atoms with E-state index < -0.39 is 21.3 Å². The summed E-state index contributed by atoms with van der Waals surface area (Å²) in [5.74, 6) is -0.750. The second-order valence-electron chi connectivity index (χ2n) is 7.21. The molecule has 0 aromatic heterocycles. The minimum Gasteiger partial charge on any atom is -0.352 e. The van der Waals surface area contributed by atoms with Gasteiger partial charge in [-0.15, -0.1) is 0 Å². The summed E-state index contributed by atoms with van der Waals surface area (Å²) < 4.78 is 40.2. The number of benzene rings is 2. The average molecular weight is 425 g/mol. The van der Waals surface area contributed by atoms with Crippen LogP contribution in [0.5, 0.6) is 0 Å². The van der Waals surface area contributed by atoms with Crippen molar-refractivity contribution in [2.45, 2.75) is 31.2 Å². The van der Waals surface area contributed by atoms with Gasteiger partial charge in [0.05, 0.1) is 9.92 Å². The number of nitrogens with zero attached hydrogens (tertiary/aromatic N) is 1. The standard InChI is InChI=1S/C20H22ClFN2O3S/c1-20(19(25)23-14-15-5-3-2-4-6-15)9-11-24(12-10-20)28(26,27)16-7-8-18(22)17(21)13-16/h2-8,13H,9-12,14H2,1H3,(H,23,25). The number of hydrogen-bond donors (Lipinski definition) is 1. The second kappa shape index (κ2) is 8.19. The van der Waals surface area contributed by atoms with Gasteiger partial charge in [-0.3, -0.25) is 4.79 Å². The van der Waals surface area contributed by atoms with Gasteiger partial charge in [0.2, 0.25) is 15.9 Å². The van der Waals surface area contributed by atoms with Crippen molar-refractivity contribution in [3.05, 3.63) is 64.9 Å². The van der Waals surface area contributed by atoms with E-state index in [2.05, 4.69) is 5.32 Å². The first-order valence-corrected chi connectivity index (χ1v) is 10.8. The Bertz CT molecular complexity index is 959. The molecule has 1 fully saturated rings. The van der Waals surface area contributed by atoms with Crippen molar-refractivity contribution in [1.29, 1.82) is 0 Å². The maximum absolute atomic E-state index is 13.3. The zero-order valence-electron chi connectivity index (χ0n) is 15.5. The van der Waals surface area contributed by atoms with Crippen LogP contribution in [0.1, 0.15) is 25.3 Å². The number of nitrogens with one attached hydrogen (secondary N) is 1. The summed E-state index contributed by atoms with van der Waals surface area (Å²) in [6.07, 6.45) is 0.809. The van der Waals surface area contributed by atoms with E-state index in [0.717, 1.165) is 17.7 Å². The number of amides is 1. The average Bonchev–Trinajstić information content (AvgIpc) is 2.69. The first-order valence-electron chi connectivity index (χ1n) is 9.00. The van der Waals surface area contributed by atoms with E-state index in [-0.39, 0.29) is 28.9 Å². The lowest BCUT2D eigenvalue weighted by atomic mass is 9.80. The summed E-state index contributed by atoms with van der Waals surface area (Å²) >= 11 is 5.72. The van der Waals surface area contributed by atoms with Crippen molar-refractivity contribution in [1.82, 2.24) is 9.62 Å². The molecule has 1 aliphatic rings. The smallest absolute Gasteiger partial charge is 0.243 e. The fourth-order valence-corrected chi connectivity index (χ4v) is 4.94. The van der Waals surface area contributed by atoms with Crippen LogP contribution in [0.15, 0.2) is 53.4 Å². The topological polar surface area (TPSA) is 66.5 Å². The van der Waals surface area contributed by atoms with E-state index in [1.54, 1.807) is 0 Å². The molecule has 1 aliphatic heterocycles. The molecule has 2 aromatic rings. The summed E-state index contributed by atoms with van der Waals surface area (Å²) in [6, 6.07) is 13.0. The molecular formula is C20H22ClFN2O3S. The van der Waals surface area contributed by atoms with Crippen LogP contribution in [0, 0.1) is 11.2 Å². The van der Waals surface area contributed by atoms with Crippen molar-refractivity contribution >= 4 is 27.5 Å². The Balaban J connectivity index is 1.63. The molecule has 3 rings (SSSR count). The van der Waals surface area contributed by atoms with Crippen LogP contribution in [0.2, 0.25) is 5.02 Å². The van der Waals surface area contributed by atoms with E-state index in [1.807, 2.05) is 37.3 Å². The lowest BCUT2D eigenvalue weighted by Crippen LogP contribution is -2.48. The van der Waals surface area contributed by atoms with Crippen molar-refractivity contribution in [3.8, 4) is 0 Å². The van der Waals surface area contributed by atoms with Crippen LogP contribution in [0.25, 0.3) is 0 Å². The Morgan fingerprint density at radius 3 is 2.43 bits per heavy atom. The van der Waals surface area contributed by atoms with Gasteiger partial charge in [0.25, 0.3) is 0 Å². The highest BCUT2D eigenvalue weighted by atomic mass is 35.5. The molecule has 2 aromatic carbocycles. The lowest BCUT2D eigenvalue weighted by Gasteiger charge is -2.37. The third-order valence-electron chi connectivity index (χ3n) is 5.20. The van der Waals surface area contributed by atoms with Gasteiger partial charge >= 0.3 is 0 Å². The zero-order valence-corrected chi connectivity index (χ0v) is 17.1. The molecule has 0 aliphatic carbocycles. The molecule has 1 saturated heterocycles. The highest BCUT2D eigenvalue weighted by Crippen LogP contribution is 2.34. The van der Waals surface area contributed by atoms with Crippen molar-refractivity contribution in [3.63, 3.8) is 0 Å². The fraction of sp³-hybridized carbons (Fsp3) is 0.350. The molecule has 8 heteroatoms. The van der Waals surface area contributed by atoms with Crippen LogP contribution in [0.3, 0.4) is 0 Å². The SMILES string of the molecule is CC1(C(=O)NCc2ccccc2)CCN(S(=O)(=O)c2ccc(F)c(Cl)c2)CC1. The lowest BCUT2D eigenvalue weighted by molar-refractivity contribution is -0.132. The Morgan fingerprint density at radius 2 is 1.82 bits per heavy atom. The molecule has 150 valence electrons. The van der Waals surface area contributed by atoms with Gasteiger partial charge in [-0.2, -0.15) is 4.31 Å². The van der Waals surface area contributed by atoms with Gasteiger partial charge < -0.3 is 5.32 Å². The molecule has 1 N–H and O–H groups in total. The molecule has 5 nitrogen and oxygen atoms in total. The maximum Gasteiger partial charge on any atom is 0.243 e. The number of piperidine rings is 1. The summed E-state index contributed by atoms with van der Waals surface area (Å²) in [4.78, 5) is 12.6. The predicted octanol–water partition coefficient (Wildman–Crippen LogP) is 3.59. The first-order chi connectivity index (χ1) is 13.2. The number of carbonyl (C=O) groups excluding carboxylic acids is 1. The summed E-state index contributed by atoms with van der Waals surface area (Å²) in [5, 5.41) is 2.71. The molecule has 28 heavy (non-hydrogen) atoms. The molecule has 0 spiro atoms. The fourth-order valence-electron chi connectivity index (χ4n) is 3.23. The highest BCUT2D eigenvalue weighted by Gasteiger charge is 2.40. The van der Waals surface area contributed by atoms with Crippen LogP contribution in [0.4, 0.5) is 4.39 Å². The van der Waals surface area contributed by atoms with Gasteiger partial charge in [0.1, 0.15) is 5.82 Å². The normalized spacial score (nSPS) is 17.2. The monoisotopic (exact) mass is 424 g/mol. The van der Waals surface area contributed by atoms with Crippen LogP contribution in [-0.2, 0) is 21.4 Å². The predicted molar refractivity (Wildman–Crippen MR) is 106 cm³/mol. The number of rotatable bonds is 5. The third kappa shape index (κ3) is 4.37. The minimum atomic E-state index is -3.78. The Morgan fingerprint density at radius 1 is 1.18 bits per heavy atom. The van der Waals surface area contributed by atoms with E-state index in [1.165, 1.54) is 10.4 Å². The molecule has 1 amide bonds. The second-order valence-corrected chi connectivity index (χ2v) is 9.55. The summed E-state index contributed by atoms with van der Waals surface area (Å²) in [7, 11) is -3.78. The number of carbonyl (C=O) groups is 1. The molecule has 0 saturated carbocycles. The van der Waals surface area contributed by atoms with Crippen LogP contribution < -0.4 is 5.32 Å². The Kier molecular flexibility index (Phi) is 6.07. The maximum atomic E-state index is 13.3. The first kappa shape index (κ1) is 20.8. The number of halogens is 2. The van der Waals surface area contributed by atoms with E-state index in [0.29, 0.717) is 19.4 Å². The van der Waals surface area contributed by atoms with Gasteiger partial charge in [0.15, 0.2) is 0 Å². The highest BCUT2D eigenvalue weighted by molar-refractivity contribution is 7.89. The molecule has 0 atom stereocenters. The third-order valence-corrected chi connectivity index (χ3v) is 7.38. The van der Waals surface area contributed by atoms with Gasteiger partial charge in [-0.25, -0.2) is 12.8 Å². The Hall–Kier alpha value is -1.96. The van der Waals surface area contributed by atoms with E-state index >= 15 is 0 Å². The van der Waals surface area contributed by atoms with Crippen LogP contribution in [-0.4, -0.2) is 31.7 Å². The number of hydrogen-bond acceptors (Lipinski definition) is 3. The van der Waals surface area contributed by atoms with Gasteiger partial charge in [0, 0.05) is 25.0 Å². The Labute approximate surface area is 169 Å². The van der Waals surface area contributed by atoms with Crippen molar-refractivity contribution in [2.24, 2.45) is 5.41 Å². The van der Waals surface area contributed by atoms with Gasteiger partial charge in [-0.1, -0.05) is 48.9 Å². The van der Waals surface area contributed by atoms with Crippen LogP contribution >= 0.6 is 11.6 Å². The van der Waals surface area contributed by atoms with Crippen molar-refractivity contribution < 1.29 is 17.6 Å². The summed E-state index contributed by atoms with van der Waals surface area (Å²) in [6.45, 7) is 2.72.